The van der Waals surface area contributed by atoms with Gasteiger partial charge in [0.05, 0.1) is 12.4 Å². The van der Waals surface area contributed by atoms with Gasteiger partial charge in [0.25, 0.3) is 0 Å². The molecule has 0 saturated heterocycles. The maximum absolute atomic E-state index is 11.4. The second kappa shape index (κ2) is 6.57. The number of ether oxygens (including phenoxy) is 1. The first-order chi connectivity index (χ1) is 10.8. The van der Waals surface area contributed by atoms with Crippen molar-refractivity contribution in [2.75, 3.05) is 12.4 Å². The van der Waals surface area contributed by atoms with Crippen molar-refractivity contribution >= 4 is 23.4 Å². The Balaban J connectivity index is 1.80. The molecule has 0 spiro atoms. The van der Waals surface area contributed by atoms with Gasteiger partial charge in [-0.2, -0.15) is 0 Å². The molecule has 0 aliphatic rings. The number of rotatable bonds is 5. The van der Waals surface area contributed by atoms with Gasteiger partial charge < -0.3 is 4.74 Å². The molecule has 0 aliphatic heterocycles. The predicted molar refractivity (Wildman–Crippen MR) is 83.6 cm³/mol. The molecule has 0 atom stereocenters. The van der Waals surface area contributed by atoms with Crippen molar-refractivity contribution in [3.05, 3.63) is 42.5 Å². The number of carbonyl (C=O) groups excluding carboxylic acids is 1. The Kier molecular flexibility index (Phi) is 4.34. The van der Waals surface area contributed by atoms with E-state index >= 15 is 0 Å². The number of esters is 1. The average molecular weight is 314 g/mol. The Bertz CT molecular complexity index is 789. The van der Waals surface area contributed by atoms with Gasteiger partial charge >= 0.3 is 5.97 Å². The predicted octanol–water partition coefficient (Wildman–Crippen LogP) is 2.45. The summed E-state index contributed by atoms with van der Waals surface area (Å²) in [6.07, 6.45) is 0. The monoisotopic (exact) mass is 314 g/mol. The summed E-state index contributed by atoms with van der Waals surface area (Å²) in [5.41, 5.74) is 1.60. The van der Waals surface area contributed by atoms with Gasteiger partial charge in [-0.25, -0.2) is 4.98 Å². The quantitative estimate of drug-likeness (QED) is 0.532. The SMILES string of the molecule is CCOC(=O)CSc1ccc2nc(-c3ccccc3)nn2n1. The maximum Gasteiger partial charge on any atom is 0.316 e. The Morgan fingerprint density at radius 1 is 1.18 bits per heavy atom. The van der Waals surface area contributed by atoms with Gasteiger partial charge in [0.15, 0.2) is 11.5 Å². The minimum absolute atomic E-state index is 0.229. The number of benzene rings is 1. The minimum Gasteiger partial charge on any atom is -0.465 e. The van der Waals surface area contributed by atoms with E-state index in [0.29, 0.717) is 23.1 Å². The van der Waals surface area contributed by atoms with E-state index in [4.69, 9.17) is 4.74 Å². The molecule has 112 valence electrons. The normalized spacial score (nSPS) is 10.8. The minimum atomic E-state index is -0.252. The first-order valence-corrected chi connectivity index (χ1v) is 7.83. The zero-order valence-corrected chi connectivity index (χ0v) is 12.8. The number of aromatic nitrogens is 4. The molecule has 22 heavy (non-hydrogen) atoms. The van der Waals surface area contributed by atoms with Crippen LogP contribution >= 0.6 is 11.8 Å². The van der Waals surface area contributed by atoms with E-state index in [1.165, 1.54) is 16.4 Å². The summed E-state index contributed by atoms with van der Waals surface area (Å²) >= 11 is 1.31. The van der Waals surface area contributed by atoms with Crippen LogP contribution in [0.1, 0.15) is 6.92 Å². The number of hydrogen-bond donors (Lipinski definition) is 0. The zero-order valence-electron chi connectivity index (χ0n) is 12.0. The fourth-order valence-electron chi connectivity index (χ4n) is 1.89. The molecule has 0 saturated carbocycles. The zero-order chi connectivity index (χ0) is 15.4. The second-order valence-corrected chi connectivity index (χ2v) is 5.41. The molecule has 2 aromatic heterocycles. The third kappa shape index (κ3) is 3.25. The van der Waals surface area contributed by atoms with Crippen molar-refractivity contribution < 1.29 is 9.53 Å². The first kappa shape index (κ1) is 14.5. The van der Waals surface area contributed by atoms with Crippen molar-refractivity contribution in [1.29, 1.82) is 0 Å². The highest BCUT2D eigenvalue weighted by atomic mass is 32.2. The van der Waals surface area contributed by atoms with E-state index in [0.717, 1.165) is 5.56 Å². The lowest BCUT2D eigenvalue weighted by atomic mass is 10.2. The Labute approximate surface area is 131 Å². The van der Waals surface area contributed by atoms with Gasteiger partial charge in [-0.15, -0.1) is 14.8 Å². The third-order valence-corrected chi connectivity index (χ3v) is 3.75. The van der Waals surface area contributed by atoms with E-state index in [9.17, 15) is 4.79 Å². The van der Waals surface area contributed by atoms with Gasteiger partial charge in [-0.05, 0) is 19.1 Å². The summed E-state index contributed by atoms with van der Waals surface area (Å²) in [6, 6.07) is 13.4. The second-order valence-electron chi connectivity index (χ2n) is 4.41. The molecule has 3 rings (SSSR count). The smallest absolute Gasteiger partial charge is 0.316 e. The summed E-state index contributed by atoms with van der Waals surface area (Å²) in [5, 5.41) is 9.42. The molecule has 2 heterocycles. The molecular weight excluding hydrogens is 300 g/mol. The van der Waals surface area contributed by atoms with Gasteiger partial charge in [0.2, 0.25) is 0 Å². The summed E-state index contributed by atoms with van der Waals surface area (Å²) < 4.78 is 6.37. The molecule has 0 N–H and O–H groups in total. The lowest BCUT2D eigenvalue weighted by Gasteiger charge is -2.01. The van der Waals surface area contributed by atoms with Crippen LogP contribution in [0.5, 0.6) is 0 Å². The Morgan fingerprint density at radius 3 is 2.77 bits per heavy atom. The number of fused-ring (bicyclic) bond motifs is 1. The molecule has 1 aromatic carbocycles. The van der Waals surface area contributed by atoms with E-state index in [1.54, 1.807) is 6.92 Å². The molecule has 6 nitrogen and oxygen atoms in total. The summed E-state index contributed by atoms with van der Waals surface area (Å²) in [6.45, 7) is 2.17. The van der Waals surface area contributed by atoms with Crippen LogP contribution in [0.3, 0.4) is 0 Å². The molecule has 0 fully saturated rings. The van der Waals surface area contributed by atoms with Crippen molar-refractivity contribution in [1.82, 2.24) is 19.8 Å². The largest absolute Gasteiger partial charge is 0.465 e. The van der Waals surface area contributed by atoms with E-state index in [-0.39, 0.29) is 11.7 Å². The molecule has 0 aliphatic carbocycles. The van der Waals surface area contributed by atoms with Crippen LogP contribution in [0.2, 0.25) is 0 Å². The third-order valence-electron chi connectivity index (χ3n) is 2.86. The fourth-order valence-corrected chi connectivity index (χ4v) is 2.54. The van der Waals surface area contributed by atoms with Gasteiger partial charge in [0, 0.05) is 5.56 Å². The number of carbonyl (C=O) groups is 1. The number of thioether (sulfide) groups is 1. The molecular formula is C15H14N4O2S. The lowest BCUT2D eigenvalue weighted by molar-refractivity contribution is -0.139. The number of hydrogen-bond acceptors (Lipinski definition) is 6. The summed E-state index contributed by atoms with van der Waals surface area (Å²) in [5.74, 6) is 0.602. The summed E-state index contributed by atoms with van der Waals surface area (Å²) in [7, 11) is 0. The highest BCUT2D eigenvalue weighted by Crippen LogP contribution is 2.18. The Morgan fingerprint density at radius 2 is 2.00 bits per heavy atom. The van der Waals surface area contributed by atoms with E-state index in [1.807, 2.05) is 42.5 Å². The molecule has 0 bridgehead atoms. The van der Waals surface area contributed by atoms with Crippen LogP contribution in [0.15, 0.2) is 47.5 Å². The molecule has 0 radical (unpaired) electrons. The van der Waals surface area contributed by atoms with Crippen LogP contribution in [0.4, 0.5) is 0 Å². The van der Waals surface area contributed by atoms with Crippen molar-refractivity contribution in [2.45, 2.75) is 11.9 Å². The van der Waals surface area contributed by atoms with Gasteiger partial charge in [-0.1, -0.05) is 42.1 Å². The average Bonchev–Trinajstić information content (AvgIpc) is 2.97. The maximum atomic E-state index is 11.4. The highest BCUT2D eigenvalue weighted by molar-refractivity contribution is 7.99. The van der Waals surface area contributed by atoms with Crippen molar-refractivity contribution in [3.8, 4) is 11.4 Å². The molecule has 0 amide bonds. The lowest BCUT2D eigenvalue weighted by Crippen LogP contribution is -2.07. The highest BCUT2D eigenvalue weighted by Gasteiger charge is 2.09. The van der Waals surface area contributed by atoms with E-state index in [2.05, 4.69) is 15.2 Å². The standard InChI is InChI=1S/C15H14N4O2S/c1-2-21-14(20)10-22-13-9-8-12-16-15(18-19(12)17-13)11-6-4-3-5-7-11/h3-9H,2,10H2,1H3. The van der Waals surface area contributed by atoms with Crippen LogP contribution in [0.25, 0.3) is 17.0 Å². The fraction of sp³-hybridized carbons (Fsp3) is 0.200. The molecule has 7 heteroatoms. The van der Waals surface area contributed by atoms with Crippen LogP contribution in [-0.2, 0) is 9.53 Å². The van der Waals surface area contributed by atoms with Crippen molar-refractivity contribution in [3.63, 3.8) is 0 Å². The van der Waals surface area contributed by atoms with Gasteiger partial charge in [-0.3, -0.25) is 4.79 Å². The topological polar surface area (TPSA) is 69.4 Å². The van der Waals surface area contributed by atoms with Crippen LogP contribution in [0, 0.1) is 0 Å². The number of nitrogens with zero attached hydrogens (tertiary/aromatic N) is 4. The van der Waals surface area contributed by atoms with Crippen molar-refractivity contribution in [2.24, 2.45) is 0 Å². The van der Waals surface area contributed by atoms with Crippen LogP contribution in [-0.4, -0.2) is 38.1 Å². The Hall–Kier alpha value is -2.41. The van der Waals surface area contributed by atoms with E-state index < -0.39 is 0 Å². The summed E-state index contributed by atoms with van der Waals surface area (Å²) in [4.78, 5) is 15.8. The van der Waals surface area contributed by atoms with Gasteiger partial charge in [0.1, 0.15) is 5.03 Å². The molecule has 0 unspecified atom stereocenters. The molecule has 3 aromatic rings. The first-order valence-electron chi connectivity index (χ1n) is 6.84. The van der Waals surface area contributed by atoms with Crippen LogP contribution < -0.4 is 0 Å².